The van der Waals surface area contributed by atoms with Crippen molar-refractivity contribution in [3.05, 3.63) is 53.1 Å². The van der Waals surface area contributed by atoms with Crippen LogP contribution < -0.4 is 14.4 Å². The Labute approximate surface area is 160 Å². The number of nitrogens with zero attached hydrogens (tertiary/aromatic N) is 2. The molecule has 0 atom stereocenters. The zero-order valence-corrected chi connectivity index (χ0v) is 16.2. The molecule has 27 heavy (non-hydrogen) atoms. The molecule has 4 rings (SSSR count). The Bertz CT molecular complexity index is 855. The minimum absolute atomic E-state index is 0.0572. The van der Waals surface area contributed by atoms with Crippen LogP contribution in [0.2, 0.25) is 0 Å². The van der Waals surface area contributed by atoms with Gasteiger partial charge in [-0.2, -0.15) is 0 Å². The van der Waals surface area contributed by atoms with Gasteiger partial charge in [0.05, 0.1) is 0 Å². The molecule has 0 spiro atoms. The molecule has 2 aromatic carbocycles. The molecule has 2 aliphatic rings. The Morgan fingerprint density at radius 2 is 1.74 bits per heavy atom. The smallest absolute Gasteiger partial charge is 0.254 e. The molecule has 0 aromatic heterocycles. The Kier molecular flexibility index (Phi) is 4.68. The predicted molar refractivity (Wildman–Crippen MR) is 106 cm³/mol. The van der Waals surface area contributed by atoms with Crippen molar-refractivity contribution >= 4 is 11.6 Å². The van der Waals surface area contributed by atoms with Crippen LogP contribution in [0.15, 0.2) is 36.4 Å². The maximum Gasteiger partial charge on any atom is 0.254 e. The molecule has 1 fully saturated rings. The Morgan fingerprint density at radius 3 is 2.48 bits per heavy atom. The minimum atomic E-state index is 0.0572. The largest absolute Gasteiger partial charge is 0.454 e. The highest BCUT2D eigenvalue weighted by molar-refractivity contribution is 5.95. The summed E-state index contributed by atoms with van der Waals surface area (Å²) >= 11 is 0. The third kappa shape index (κ3) is 3.34. The highest BCUT2D eigenvalue weighted by Crippen LogP contribution is 2.34. The van der Waals surface area contributed by atoms with Crippen LogP contribution in [0.25, 0.3) is 0 Å². The number of hydrogen-bond donors (Lipinski definition) is 0. The van der Waals surface area contributed by atoms with E-state index in [1.54, 1.807) is 6.07 Å². The zero-order valence-electron chi connectivity index (χ0n) is 16.2. The van der Waals surface area contributed by atoms with Crippen LogP contribution in [0.1, 0.15) is 41.3 Å². The van der Waals surface area contributed by atoms with Gasteiger partial charge in [0.15, 0.2) is 11.5 Å². The number of carbonyl (C=O) groups is 1. The van der Waals surface area contributed by atoms with Gasteiger partial charge in [0.2, 0.25) is 6.79 Å². The van der Waals surface area contributed by atoms with Crippen LogP contribution in [0, 0.1) is 6.92 Å². The quantitative estimate of drug-likeness (QED) is 0.828. The van der Waals surface area contributed by atoms with Crippen molar-refractivity contribution in [3.63, 3.8) is 0 Å². The Hall–Kier alpha value is -2.69. The van der Waals surface area contributed by atoms with Gasteiger partial charge in [0.1, 0.15) is 0 Å². The first-order valence-electron chi connectivity index (χ1n) is 9.58. The fourth-order valence-corrected chi connectivity index (χ4v) is 3.92. The lowest BCUT2D eigenvalue weighted by Crippen LogP contribution is -2.49. The monoisotopic (exact) mass is 366 g/mol. The highest BCUT2D eigenvalue weighted by atomic mass is 16.7. The molecule has 142 valence electrons. The van der Waals surface area contributed by atoms with Gasteiger partial charge < -0.3 is 19.3 Å². The van der Waals surface area contributed by atoms with Crippen molar-refractivity contribution in [3.8, 4) is 11.5 Å². The van der Waals surface area contributed by atoms with Gasteiger partial charge in [-0.1, -0.05) is 32.0 Å². The summed E-state index contributed by atoms with van der Waals surface area (Å²) in [6.45, 7) is 10.0. The van der Waals surface area contributed by atoms with E-state index in [0.717, 1.165) is 26.2 Å². The Balaban J connectivity index is 1.47. The lowest BCUT2D eigenvalue weighted by molar-refractivity contribution is 0.0746. The summed E-state index contributed by atoms with van der Waals surface area (Å²) in [4.78, 5) is 17.3. The molecule has 0 unspecified atom stereocenters. The summed E-state index contributed by atoms with van der Waals surface area (Å²) < 4.78 is 10.7. The maximum absolute atomic E-state index is 12.9. The minimum Gasteiger partial charge on any atom is -0.454 e. The number of benzene rings is 2. The summed E-state index contributed by atoms with van der Waals surface area (Å²) in [5.41, 5.74) is 4.68. The lowest BCUT2D eigenvalue weighted by atomic mass is 9.97. The molecule has 0 N–H and O–H groups in total. The van der Waals surface area contributed by atoms with Crippen molar-refractivity contribution in [2.75, 3.05) is 37.9 Å². The van der Waals surface area contributed by atoms with Gasteiger partial charge in [-0.15, -0.1) is 0 Å². The molecule has 5 heteroatoms. The van der Waals surface area contributed by atoms with E-state index >= 15 is 0 Å². The molecule has 1 amide bonds. The summed E-state index contributed by atoms with van der Waals surface area (Å²) in [5, 5.41) is 0. The van der Waals surface area contributed by atoms with Crippen molar-refractivity contribution in [2.45, 2.75) is 26.7 Å². The van der Waals surface area contributed by atoms with E-state index in [4.69, 9.17) is 9.47 Å². The molecule has 2 aliphatic heterocycles. The molecular weight excluding hydrogens is 340 g/mol. The first kappa shape index (κ1) is 17.7. The van der Waals surface area contributed by atoms with Crippen molar-refractivity contribution in [1.29, 1.82) is 0 Å². The number of fused-ring (bicyclic) bond motifs is 1. The average Bonchev–Trinajstić information content (AvgIpc) is 3.15. The number of rotatable bonds is 3. The molecule has 2 heterocycles. The molecule has 5 nitrogen and oxygen atoms in total. The summed E-state index contributed by atoms with van der Waals surface area (Å²) in [6.07, 6.45) is 0. The normalized spacial score (nSPS) is 16.1. The molecule has 2 aromatic rings. The molecule has 0 radical (unpaired) electrons. The van der Waals surface area contributed by atoms with Gasteiger partial charge >= 0.3 is 0 Å². The number of aryl methyl sites for hydroxylation is 1. The van der Waals surface area contributed by atoms with Crippen LogP contribution in [-0.4, -0.2) is 43.8 Å². The van der Waals surface area contributed by atoms with Gasteiger partial charge in [-0.25, -0.2) is 0 Å². The molecule has 0 bridgehead atoms. The van der Waals surface area contributed by atoms with E-state index in [0.29, 0.717) is 23.0 Å². The first-order valence-corrected chi connectivity index (χ1v) is 9.58. The zero-order chi connectivity index (χ0) is 19.0. The Morgan fingerprint density at radius 1 is 1.00 bits per heavy atom. The lowest BCUT2D eigenvalue weighted by Gasteiger charge is -2.38. The van der Waals surface area contributed by atoms with E-state index in [1.165, 1.54) is 16.8 Å². The van der Waals surface area contributed by atoms with Crippen molar-refractivity contribution in [1.82, 2.24) is 4.90 Å². The maximum atomic E-state index is 12.9. The number of anilines is 1. The van der Waals surface area contributed by atoms with Gasteiger partial charge in [0.25, 0.3) is 5.91 Å². The van der Waals surface area contributed by atoms with Crippen LogP contribution in [0.5, 0.6) is 11.5 Å². The third-order valence-corrected chi connectivity index (χ3v) is 5.39. The van der Waals surface area contributed by atoms with E-state index in [-0.39, 0.29) is 12.7 Å². The topological polar surface area (TPSA) is 42.0 Å². The van der Waals surface area contributed by atoms with E-state index < -0.39 is 0 Å². The first-order chi connectivity index (χ1) is 13.0. The molecule has 0 aliphatic carbocycles. The van der Waals surface area contributed by atoms with E-state index in [9.17, 15) is 4.79 Å². The number of piperazine rings is 1. The summed E-state index contributed by atoms with van der Waals surface area (Å²) in [5.74, 6) is 1.90. The van der Waals surface area contributed by atoms with Crippen LogP contribution >= 0.6 is 0 Å². The van der Waals surface area contributed by atoms with Gasteiger partial charge in [-0.3, -0.25) is 4.79 Å². The standard InChI is InChI=1S/C22H26N2O3/c1-15(2)18-6-4-5-16(3)21(18)23-9-11-24(12-10-23)22(25)17-7-8-19-20(13-17)27-14-26-19/h4-8,13,15H,9-12,14H2,1-3H3. The van der Waals surface area contributed by atoms with E-state index in [1.807, 2.05) is 17.0 Å². The van der Waals surface area contributed by atoms with Crippen LogP contribution in [-0.2, 0) is 0 Å². The van der Waals surface area contributed by atoms with Gasteiger partial charge in [-0.05, 0) is 42.2 Å². The fourth-order valence-electron chi connectivity index (χ4n) is 3.92. The van der Waals surface area contributed by atoms with Crippen LogP contribution in [0.4, 0.5) is 5.69 Å². The van der Waals surface area contributed by atoms with Gasteiger partial charge in [0, 0.05) is 37.4 Å². The number of carbonyl (C=O) groups excluding carboxylic acids is 1. The fraction of sp³-hybridized carbons (Fsp3) is 0.409. The second-order valence-electron chi connectivity index (χ2n) is 7.51. The highest BCUT2D eigenvalue weighted by Gasteiger charge is 2.26. The number of ether oxygens (including phenoxy) is 2. The van der Waals surface area contributed by atoms with Crippen molar-refractivity contribution in [2.24, 2.45) is 0 Å². The SMILES string of the molecule is Cc1cccc(C(C)C)c1N1CCN(C(=O)c2ccc3c(c2)OCO3)CC1. The average molecular weight is 366 g/mol. The summed E-state index contributed by atoms with van der Waals surface area (Å²) in [6, 6.07) is 11.9. The van der Waals surface area contributed by atoms with Crippen molar-refractivity contribution < 1.29 is 14.3 Å². The number of amides is 1. The summed E-state index contributed by atoms with van der Waals surface area (Å²) in [7, 11) is 0. The second-order valence-corrected chi connectivity index (χ2v) is 7.51. The predicted octanol–water partition coefficient (Wildman–Crippen LogP) is 3.81. The molecule has 0 saturated carbocycles. The number of para-hydroxylation sites is 1. The second kappa shape index (κ2) is 7.14. The third-order valence-electron chi connectivity index (χ3n) is 5.39. The number of hydrogen-bond acceptors (Lipinski definition) is 4. The molecule has 1 saturated heterocycles. The van der Waals surface area contributed by atoms with Crippen LogP contribution in [0.3, 0.4) is 0 Å². The van der Waals surface area contributed by atoms with E-state index in [2.05, 4.69) is 43.9 Å². The molecular formula is C22H26N2O3.